The Balaban J connectivity index is 2.77. The molecule has 0 spiro atoms. The number of hydrogen-bond acceptors (Lipinski definition) is 2. The molecule has 0 aliphatic rings. The van der Waals surface area contributed by atoms with Crippen LogP contribution in [0.3, 0.4) is 0 Å². The first-order valence-electron chi connectivity index (χ1n) is 6.53. The molecular weight excluding hydrogens is 246 g/mol. The molecule has 0 radical (unpaired) electrons. The highest BCUT2D eigenvalue weighted by Gasteiger charge is 2.25. The highest BCUT2D eigenvalue weighted by atomic mass is 19.1. The topological polar surface area (TPSA) is 29.3 Å². The van der Waals surface area contributed by atoms with Gasteiger partial charge in [0.1, 0.15) is 11.6 Å². The van der Waals surface area contributed by atoms with Crippen molar-refractivity contribution in [2.45, 2.75) is 39.8 Å². The molecule has 0 bridgehead atoms. The molecule has 0 saturated heterocycles. The molecule has 0 aromatic heterocycles. The van der Waals surface area contributed by atoms with Gasteiger partial charge < -0.3 is 10.6 Å². The van der Waals surface area contributed by atoms with Gasteiger partial charge in [-0.2, -0.15) is 0 Å². The van der Waals surface area contributed by atoms with E-state index < -0.39 is 17.7 Å². The lowest BCUT2D eigenvalue weighted by molar-refractivity contribution is 0.134. The van der Waals surface area contributed by atoms with Crippen LogP contribution in [0.25, 0.3) is 0 Å². The number of nitrogens with zero attached hydrogens (tertiary/aromatic N) is 1. The van der Waals surface area contributed by atoms with Crippen LogP contribution in [0.5, 0.6) is 0 Å². The summed E-state index contributed by atoms with van der Waals surface area (Å²) in [7, 11) is 1.97. The third kappa shape index (κ3) is 4.25. The maximum Gasteiger partial charge on any atom is 0.130 e. The van der Waals surface area contributed by atoms with Crippen molar-refractivity contribution >= 4 is 0 Å². The van der Waals surface area contributed by atoms with Gasteiger partial charge >= 0.3 is 0 Å². The largest absolute Gasteiger partial charge is 0.323 e. The van der Waals surface area contributed by atoms with Crippen LogP contribution in [-0.2, 0) is 0 Å². The van der Waals surface area contributed by atoms with Crippen LogP contribution in [0, 0.1) is 17.0 Å². The monoisotopic (exact) mass is 270 g/mol. The van der Waals surface area contributed by atoms with Crippen LogP contribution in [0.4, 0.5) is 8.78 Å². The molecular formula is C15H24F2N2. The van der Waals surface area contributed by atoms with Crippen LogP contribution in [0.2, 0.25) is 0 Å². The predicted octanol–water partition coefficient (Wildman–Crippen LogP) is 3.33. The van der Waals surface area contributed by atoms with E-state index in [9.17, 15) is 8.78 Å². The first-order valence-corrected chi connectivity index (χ1v) is 6.53. The SMILES string of the molecule is CC(N(C)CC(N)c1ccc(F)cc1F)C(C)(C)C. The van der Waals surface area contributed by atoms with E-state index in [-0.39, 0.29) is 5.41 Å². The third-order valence-electron chi connectivity index (χ3n) is 3.76. The summed E-state index contributed by atoms with van der Waals surface area (Å²) in [6.45, 7) is 9.10. The summed E-state index contributed by atoms with van der Waals surface area (Å²) >= 11 is 0. The van der Waals surface area contributed by atoms with E-state index in [0.29, 0.717) is 18.2 Å². The van der Waals surface area contributed by atoms with E-state index in [1.54, 1.807) is 0 Å². The normalized spacial score (nSPS) is 15.6. The van der Waals surface area contributed by atoms with Crippen molar-refractivity contribution in [3.05, 3.63) is 35.4 Å². The van der Waals surface area contributed by atoms with Crippen molar-refractivity contribution in [1.82, 2.24) is 4.90 Å². The molecule has 0 aliphatic heterocycles. The van der Waals surface area contributed by atoms with Crippen molar-refractivity contribution in [2.24, 2.45) is 11.1 Å². The molecule has 0 saturated carbocycles. The van der Waals surface area contributed by atoms with Crippen molar-refractivity contribution in [3.8, 4) is 0 Å². The smallest absolute Gasteiger partial charge is 0.130 e. The Kier molecular flexibility index (Phi) is 5.04. The van der Waals surface area contributed by atoms with Crippen LogP contribution in [-0.4, -0.2) is 24.5 Å². The van der Waals surface area contributed by atoms with Crippen LogP contribution in [0.15, 0.2) is 18.2 Å². The molecule has 0 fully saturated rings. The Hall–Kier alpha value is -1.00. The Morgan fingerprint density at radius 2 is 1.84 bits per heavy atom. The molecule has 2 N–H and O–H groups in total. The maximum atomic E-state index is 13.6. The number of nitrogens with two attached hydrogens (primary N) is 1. The van der Waals surface area contributed by atoms with E-state index in [0.717, 1.165) is 6.07 Å². The van der Waals surface area contributed by atoms with Gasteiger partial charge in [0.05, 0.1) is 0 Å². The fourth-order valence-corrected chi connectivity index (χ4v) is 2.03. The van der Waals surface area contributed by atoms with E-state index in [4.69, 9.17) is 5.73 Å². The first kappa shape index (κ1) is 16.1. The number of likely N-dealkylation sites (N-methyl/N-ethyl adjacent to an activating group) is 1. The zero-order valence-corrected chi connectivity index (χ0v) is 12.4. The predicted molar refractivity (Wildman–Crippen MR) is 74.8 cm³/mol. The summed E-state index contributed by atoms with van der Waals surface area (Å²) in [5.41, 5.74) is 6.50. The number of hydrogen-bond donors (Lipinski definition) is 1. The van der Waals surface area contributed by atoms with Crippen LogP contribution in [0.1, 0.15) is 39.3 Å². The highest BCUT2D eigenvalue weighted by molar-refractivity contribution is 5.22. The zero-order chi connectivity index (χ0) is 14.8. The lowest BCUT2D eigenvalue weighted by Crippen LogP contribution is -2.42. The molecule has 1 aromatic rings. The second-order valence-electron chi connectivity index (χ2n) is 6.25. The Bertz CT molecular complexity index is 427. The quantitative estimate of drug-likeness (QED) is 0.909. The van der Waals surface area contributed by atoms with Gasteiger partial charge in [-0.05, 0) is 25.5 Å². The average molecular weight is 270 g/mol. The summed E-state index contributed by atoms with van der Waals surface area (Å²) < 4.78 is 26.5. The summed E-state index contributed by atoms with van der Waals surface area (Å²) in [6.07, 6.45) is 0. The van der Waals surface area contributed by atoms with Gasteiger partial charge in [-0.25, -0.2) is 8.78 Å². The number of halogens is 2. The minimum absolute atomic E-state index is 0.121. The lowest BCUT2D eigenvalue weighted by Gasteiger charge is -2.36. The standard InChI is InChI=1S/C15H24F2N2/c1-10(15(2,3)4)19(5)9-14(18)12-7-6-11(16)8-13(12)17/h6-8,10,14H,9,18H2,1-5H3. The zero-order valence-electron chi connectivity index (χ0n) is 12.4. The minimum Gasteiger partial charge on any atom is -0.323 e. The molecule has 1 rings (SSSR count). The molecule has 0 heterocycles. The molecule has 108 valence electrons. The highest BCUT2D eigenvalue weighted by Crippen LogP contribution is 2.25. The minimum atomic E-state index is -0.579. The van der Waals surface area contributed by atoms with Crippen molar-refractivity contribution in [1.29, 1.82) is 0 Å². The van der Waals surface area contributed by atoms with Crippen LogP contribution < -0.4 is 5.73 Å². The second kappa shape index (κ2) is 5.97. The van der Waals surface area contributed by atoms with Gasteiger partial charge in [0.2, 0.25) is 0 Å². The number of benzene rings is 1. The molecule has 19 heavy (non-hydrogen) atoms. The Morgan fingerprint density at radius 1 is 1.26 bits per heavy atom. The van der Waals surface area contributed by atoms with Crippen molar-refractivity contribution in [2.75, 3.05) is 13.6 Å². The van der Waals surface area contributed by atoms with E-state index in [1.807, 2.05) is 7.05 Å². The molecule has 4 heteroatoms. The van der Waals surface area contributed by atoms with E-state index >= 15 is 0 Å². The summed E-state index contributed by atoms with van der Waals surface area (Å²) in [5, 5.41) is 0. The molecule has 2 nitrogen and oxygen atoms in total. The molecule has 2 atom stereocenters. The van der Waals surface area contributed by atoms with Gasteiger partial charge in [0.25, 0.3) is 0 Å². The van der Waals surface area contributed by atoms with Gasteiger partial charge in [0.15, 0.2) is 0 Å². The molecule has 0 aliphatic carbocycles. The maximum absolute atomic E-state index is 13.6. The van der Waals surface area contributed by atoms with E-state index in [1.165, 1.54) is 12.1 Å². The van der Waals surface area contributed by atoms with Gasteiger partial charge in [0, 0.05) is 30.3 Å². The summed E-state index contributed by atoms with van der Waals surface area (Å²) in [5.74, 6) is -1.16. The molecule has 0 amide bonds. The fraction of sp³-hybridized carbons (Fsp3) is 0.600. The Morgan fingerprint density at radius 3 is 2.32 bits per heavy atom. The molecule has 2 unspecified atom stereocenters. The van der Waals surface area contributed by atoms with Gasteiger partial charge in [-0.1, -0.05) is 26.8 Å². The lowest BCUT2D eigenvalue weighted by atomic mass is 9.87. The van der Waals surface area contributed by atoms with Gasteiger partial charge in [-0.3, -0.25) is 0 Å². The van der Waals surface area contributed by atoms with E-state index in [2.05, 4.69) is 32.6 Å². The Labute approximate surface area is 114 Å². The summed E-state index contributed by atoms with van der Waals surface area (Å²) in [6, 6.07) is 3.39. The van der Waals surface area contributed by atoms with Crippen molar-refractivity contribution in [3.63, 3.8) is 0 Å². The fourth-order valence-electron chi connectivity index (χ4n) is 2.03. The van der Waals surface area contributed by atoms with Gasteiger partial charge in [-0.15, -0.1) is 0 Å². The third-order valence-corrected chi connectivity index (χ3v) is 3.76. The van der Waals surface area contributed by atoms with Crippen LogP contribution >= 0.6 is 0 Å². The first-order chi connectivity index (χ1) is 8.62. The van der Waals surface area contributed by atoms with Crippen molar-refractivity contribution < 1.29 is 8.78 Å². The summed E-state index contributed by atoms with van der Waals surface area (Å²) in [4.78, 5) is 2.10. The molecule has 1 aromatic carbocycles. The second-order valence-corrected chi connectivity index (χ2v) is 6.25. The number of rotatable bonds is 4. The average Bonchev–Trinajstić information content (AvgIpc) is 2.26.